The molecule has 3 rings (SSSR count). The van der Waals surface area contributed by atoms with Crippen LogP contribution in [0.25, 0.3) is 17.2 Å². The van der Waals surface area contributed by atoms with Gasteiger partial charge in [0.1, 0.15) is 5.82 Å². The van der Waals surface area contributed by atoms with E-state index in [0.29, 0.717) is 17.1 Å². The van der Waals surface area contributed by atoms with Gasteiger partial charge in [0.2, 0.25) is 0 Å². The van der Waals surface area contributed by atoms with Crippen molar-refractivity contribution < 1.29 is 14.3 Å². The topological polar surface area (TPSA) is 37.3 Å². The van der Waals surface area contributed by atoms with Gasteiger partial charge in [-0.3, -0.25) is 4.79 Å². The molecule has 0 amide bonds. The van der Waals surface area contributed by atoms with Crippen LogP contribution in [0.1, 0.15) is 55.4 Å². The first kappa shape index (κ1) is 17.2. The van der Waals surface area contributed by atoms with Gasteiger partial charge in [0, 0.05) is 0 Å². The minimum atomic E-state index is -0.910. The zero-order chi connectivity index (χ0) is 18.1. The summed E-state index contributed by atoms with van der Waals surface area (Å²) in [7, 11) is 0. The molecule has 2 nitrogen and oxygen atoms in total. The average molecular weight is 336 g/mol. The molecule has 0 saturated carbocycles. The van der Waals surface area contributed by atoms with E-state index in [4.69, 9.17) is 0 Å². The Balaban J connectivity index is 2.09. The van der Waals surface area contributed by atoms with Crippen molar-refractivity contribution in [2.45, 2.75) is 33.1 Å². The largest absolute Gasteiger partial charge is 0.481 e. The van der Waals surface area contributed by atoms with Crippen LogP contribution in [0.4, 0.5) is 4.39 Å². The van der Waals surface area contributed by atoms with Crippen LogP contribution < -0.4 is 0 Å². The fourth-order valence-electron chi connectivity index (χ4n) is 3.28. The number of hydrogen-bond donors (Lipinski definition) is 1. The number of halogens is 1. The third-order valence-corrected chi connectivity index (χ3v) is 4.70. The van der Waals surface area contributed by atoms with Crippen molar-refractivity contribution in [1.82, 2.24) is 0 Å². The van der Waals surface area contributed by atoms with Gasteiger partial charge in [0.15, 0.2) is 0 Å². The molecule has 1 aliphatic carbocycles. The molecule has 0 heterocycles. The second kappa shape index (κ2) is 6.67. The lowest BCUT2D eigenvalue weighted by molar-refractivity contribution is -0.135. The van der Waals surface area contributed by atoms with Crippen LogP contribution in [0.2, 0.25) is 0 Å². The number of benzene rings is 2. The molecule has 128 valence electrons. The molecule has 0 aromatic heterocycles. The number of aliphatic carboxylic acids is 1. The molecule has 1 aliphatic rings. The number of allylic oxidation sites excluding steroid dienone is 2. The summed E-state index contributed by atoms with van der Waals surface area (Å²) in [4.78, 5) is 11.2. The lowest BCUT2D eigenvalue weighted by Gasteiger charge is -2.07. The standard InChI is InChI=1S/C22H21FO2/c1-13(2)16-6-4-15(5-7-16)10-19-14(3)20(12-22(24)25)21-11-17(23)8-9-18(19)21/h4-11,13H,12H2,1-3H3,(H,24,25)/b19-10-. The molecule has 0 aliphatic heterocycles. The first-order valence-electron chi connectivity index (χ1n) is 8.40. The number of rotatable bonds is 4. The van der Waals surface area contributed by atoms with Crippen LogP contribution in [0.15, 0.2) is 48.0 Å². The molecule has 2 aromatic carbocycles. The van der Waals surface area contributed by atoms with Crippen molar-refractivity contribution in [3.8, 4) is 0 Å². The SMILES string of the molecule is CC1=C(CC(=O)O)c2cc(F)ccc2/C1=C\c1ccc(C(C)C)cc1. The lowest BCUT2D eigenvalue weighted by Crippen LogP contribution is -1.97. The third-order valence-electron chi connectivity index (χ3n) is 4.70. The predicted molar refractivity (Wildman–Crippen MR) is 99.6 cm³/mol. The van der Waals surface area contributed by atoms with E-state index in [1.165, 1.54) is 17.7 Å². The number of fused-ring (bicyclic) bond motifs is 1. The predicted octanol–water partition coefficient (Wildman–Crippen LogP) is 5.75. The number of carboxylic acid groups (broad SMARTS) is 1. The zero-order valence-electron chi connectivity index (χ0n) is 14.6. The van der Waals surface area contributed by atoms with Crippen LogP contribution in [-0.4, -0.2) is 11.1 Å². The van der Waals surface area contributed by atoms with E-state index in [9.17, 15) is 14.3 Å². The second-order valence-electron chi connectivity index (χ2n) is 6.74. The van der Waals surface area contributed by atoms with E-state index in [1.807, 2.05) is 13.0 Å². The van der Waals surface area contributed by atoms with E-state index in [-0.39, 0.29) is 12.2 Å². The summed E-state index contributed by atoms with van der Waals surface area (Å²) in [5, 5.41) is 9.20. The van der Waals surface area contributed by atoms with Gasteiger partial charge in [-0.25, -0.2) is 4.39 Å². The smallest absolute Gasteiger partial charge is 0.307 e. The second-order valence-corrected chi connectivity index (χ2v) is 6.74. The highest BCUT2D eigenvalue weighted by molar-refractivity contribution is 6.07. The summed E-state index contributed by atoms with van der Waals surface area (Å²) < 4.78 is 13.7. The molecule has 25 heavy (non-hydrogen) atoms. The Morgan fingerprint density at radius 1 is 1.12 bits per heavy atom. The molecule has 0 radical (unpaired) electrons. The summed E-state index contributed by atoms with van der Waals surface area (Å²) >= 11 is 0. The van der Waals surface area contributed by atoms with E-state index < -0.39 is 5.97 Å². The number of carbonyl (C=O) groups is 1. The monoisotopic (exact) mass is 336 g/mol. The maximum Gasteiger partial charge on any atom is 0.307 e. The minimum absolute atomic E-state index is 0.105. The molecule has 3 heteroatoms. The molecular formula is C22H21FO2. The van der Waals surface area contributed by atoms with Gasteiger partial charge in [0.05, 0.1) is 6.42 Å². The van der Waals surface area contributed by atoms with Gasteiger partial charge in [-0.05, 0) is 70.0 Å². The lowest BCUT2D eigenvalue weighted by atomic mass is 9.98. The first-order chi connectivity index (χ1) is 11.9. The molecule has 0 atom stereocenters. The van der Waals surface area contributed by atoms with Crippen LogP contribution in [0.5, 0.6) is 0 Å². The molecule has 1 N–H and O–H groups in total. The Labute approximate surface area is 147 Å². The molecule has 2 aromatic rings. The molecule has 0 bridgehead atoms. The summed E-state index contributed by atoms with van der Waals surface area (Å²) in [5.74, 6) is -0.787. The Morgan fingerprint density at radius 2 is 1.80 bits per heavy atom. The molecule has 0 fully saturated rings. The molecule has 0 unspecified atom stereocenters. The third kappa shape index (κ3) is 3.41. The Hall–Kier alpha value is -2.68. The molecule has 0 spiro atoms. The normalized spacial score (nSPS) is 15.2. The highest BCUT2D eigenvalue weighted by Gasteiger charge is 2.25. The quantitative estimate of drug-likeness (QED) is 0.771. The fourth-order valence-corrected chi connectivity index (χ4v) is 3.28. The number of hydrogen-bond acceptors (Lipinski definition) is 1. The van der Waals surface area contributed by atoms with Gasteiger partial charge >= 0.3 is 5.97 Å². The van der Waals surface area contributed by atoms with Gasteiger partial charge in [-0.2, -0.15) is 0 Å². The van der Waals surface area contributed by atoms with Gasteiger partial charge in [-0.15, -0.1) is 0 Å². The van der Waals surface area contributed by atoms with Crippen molar-refractivity contribution >= 4 is 23.2 Å². The maximum absolute atomic E-state index is 13.7. The van der Waals surface area contributed by atoms with E-state index in [2.05, 4.69) is 38.1 Å². The van der Waals surface area contributed by atoms with Crippen molar-refractivity contribution in [2.75, 3.05) is 0 Å². The van der Waals surface area contributed by atoms with Gasteiger partial charge in [0.25, 0.3) is 0 Å². The van der Waals surface area contributed by atoms with E-state index >= 15 is 0 Å². The van der Waals surface area contributed by atoms with Gasteiger partial charge < -0.3 is 5.11 Å². The zero-order valence-corrected chi connectivity index (χ0v) is 14.6. The number of carboxylic acids is 1. The van der Waals surface area contributed by atoms with Crippen molar-refractivity contribution in [3.05, 3.63) is 76.1 Å². The van der Waals surface area contributed by atoms with E-state index in [1.54, 1.807) is 6.07 Å². The molecule has 0 saturated heterocycles. The molecular weight excluding hydrogens is 315 g/mol. The summed E-state index contributed by atoms with van der Waals surface area (Å²) in [6.07, 6.45) is 1.94. The van der Waals surface area contributed by atoms with Crippen LogP contribution in [0.3, 0.4) is 0 Å². The van der Waals surface area contributed by atoms with Gasteiger partial charge in [-0.1, -0.05) is 44.2 Å². The summed E-state index contributed by atoms with van der Waals surface area (Å²) in [6.45, 7) is 6.21. The maximum atomic E-state index is 13.7. The average Bonchev–Trinajstić information content (AvgIpc) is 2.80. The van der Waals surface area contributed by atoms with E-state index in [0.717, 1.165) is 22.3 Å². The van der Waals surface area contributed by atoms with Crippen molar-refractivity contribution in [2.24, 2.45) is 0 Å². The van der Waals surface area contributed by atoms with Crippen LogP contribution in [0, 0.1) is 5.82 Å². The summed E-state index contributed by atoms with van der Waals surface area (Å²) in [5.41, 5.74) is 6.44. The Kier molecular flexibility index (Phi) is 4.58. The Morgan fingerprint density at radius 3 is 2.40 bits per heavy atom. The summed E-state index contributed by atoms with van der Waals surface area (Å²) in [6, 6.07) is 12.9. The van der Waals surface area contributed by atoms with Crippen LogP contribution >= 0.6 is 0 Å². The van der Waals surface area contributed by atoms with Crippen molar-refractivity contribution in [3.63, 3.8) is 0 Å². The first-order valence-corrected chi connectivity index (χ1v) is 8.40. The highest BCUT2D eigenvalue weighted by atomic mass is 19.1. The van der Waals surface area contributed by atoms with Crippen LogP contribution in [-0.2, 0) is 4.79 Å². The fraction of sp³-hybridized carbons (Fsp3) is 0.227. The highest BCUT2D eigenvalue weighted by Crippen LogP contribution is 2.43. The Bertz CT molecular complexity index is 887. The van der Waals surface area contributed by atoms with Crippen molar-refractivity contribution in [1.29, 1.82) is 0 Å². The minimum Gasteiger partial charge on any atom is -0.481 e.